The van der Waals surface area contributed by atoms with Crippen LogP contribution in [0.2, 0.25) is 0 Å². The standard InChI is InChI=1S/C27H34N2O2S/c1-28-17-14-25(26-13-8-20-32-26)31-24-12-7-6-9-22(24)21-29-18-15-27(30-2,16-19-29)23-10-4-3-5-11-23/h3-13,20,25,28H,14-19,21H2,1-2H3. The fourth-order valence-corrected chi connectivity index (χ4v) is 5.37. The van der Waals surface area contributed by atoms with Gasteiger partial charge in [-0.2, -0.15) is 0 Å². The Morgan fingerprint density at radius 3 is 2.44 bits per heavy atom. The van der Waals surface area contributed by atoms with Gasteiger partial charge in [0.2, 0.25) is 0 Å². The van der Waals surface area contributed by atoms with Crippen LogP contribution in [-0.2, 0) is 16.9 Å². The zero-order chi connectivity index (χ0) is 22.2. The first-order valence-corrected chi connectivity index (χ1v) is 12.4. The molecule has 1 aromatic heterocycles. The molecule has 32 heavy (non-hydrogen) atoms. The van der Waals surface area contributed by atoms with E-state index in [1.165, 1.54) is 16.0 Å². The molecule has 3 aromatic rings. The number of para-hydroxylation sites is 1. The Morgan fingerprint density at radius 1 is 1.00 bits per heavy atom. The number of nitrogens with zero attached hydrogens (tertiary/aromatic N) is 1. The third-order valence-corrected chi connectivity index (χ3v) is 7.47. The molecule has 4 rings (SSSR count). The van der Waals surface area contributed by atoms with Crippen LogP contribution in [0.4, 0.5) is 0 Å². The van der Waals surface area contributed by atoms with Crippen LogP contribution in [0.25, 0.3) is 0 Å². The Hall–Kier alpha value is -2.18. The summed E-state index contributed by atoms with van der Waals surface area (Å²) in [6.07, 6.45) is 3.01. The van der Waals surface area contributed by atoms with Crippen LogP contribution < -0.4 is 10.1 Å². The quantitative estimate of drug-likeness (QED) is 0.435. The Kier molecular flexibility index (Phi) is 7.98. The molecule has 1 atom stereocenters. The van der Waals surface area contributed by atoms with Gasteiger partial charge in [-0.25, -0.2) is 0 Å². The van der Waals surface area contributed by atoms with Crippen molar-refractivity contribution in [1.82, 2.24) is 10.2 Å². The van der Waals surface area contributed by atoms with Crippen LogP contribution in [0, 0.1) is 0 Å². The van der Waals surface area contributed by atoms with Gasteiger partial charge in [0, 0.05) is 43.6 Å². The molecule has 1 aliphatic rings. The molecule has 0 aliphatic carbocycles. The van der Waals surface area contributed by atoms with E-state index in [0.29, 0.717) is 0 Å². The number of benzene rings is 2. The Balaban J connectivity index is 1.43. The summed E-state index contributed by atoms with van der Waals surface area (Å²) in [5, 5.41) is 5.38. The van der Waals surface area contributed by atoms with Crippen molar-refractivity contribution in [2.24, 2.45) is 0 Å². The third-order valence-electron chi connectivity index (χ3n) is 6.51. The molecular weight excluding hydrogens is 416 g/mol. The molecule has 1 N–H and O–H groups in total. The average molecular weight is 451 g/mol. The molecule has 4 nitrogen and oxygen atoms in total. The summed E-state index contributed by atoms with van der Waals surface area (Å²) in [4.78, 5) is 3.80. The zero-order valence-electron chi connectivity index (χ0n) is 19.1. The summed E-state index contributed by atoms with van der Waals surface area (Å²) in [5.74, 6) is 0.994. The monoisotopic (exact) mass is 450 g/mol. The highest BCUT2D eigenvalue weighted by Gasteiger charge is 2.36. The summed E-state index contributed by atoms with van der Waals surface area (Å²) in [6, 6.07) is 23.4. The first kappa shape index (κ1) is 23.0. The summed E-state index contributed by atoms with van der Waals surface area (Å²) in [6.45, 7) is 3.83. The van der Waals surface area contributed by atoms with Gasteiger partial charge in [0.1, 0.15) is 11.9 Å². The maximum Gasteiger partial charge on any atom is 0.134 e. The van der Waals surface area contributed by atoms with Gasteiger partial charge in [0.15, 0.2) is 0 Å². The number of likely N-dealkylation sites (tertiary alicyclic amines) is 1. The second kappa shape index (κ2) is 11.1. The van der Waals surface area contributed by atoms with Crippen molar-refractivity contribution in [2.45, 2.75) is 37.5 Å². The van der Waals surface area contributed by atoms with Crippen LogP contribution in [-0.4, -0.2) is 38.7 Å². The van der Waals surface area contributed by atoms with Gasteiger partial charge < -0.3 is 14.8 Å². The van der Waals surface area contributed by atoms with E-state index in [0.717, 1.165) is 51.2 Å². The molecule has 2 aromatic carbocycles. The van der Waals surface area contributed by atoms with Crippen molar-refractivity contribution >= 4 is 11.3 Å². The van der Waals surface area contributed by atoms with Crippen molar-refractivity contribution in [3.63, 3.8) is 0 Å². The normalized spacial score (nSPS) is 17.2. The van der Waals surface area contributed by atoms with Crippen molar-refractivity contribution in [1.29, 1.82) is 0 Å². The van der Waals surface area contributed by atoms with E-state index >= 15 is 0 Å². The van der Waals surface area contributed by atoms with Gasteiger partial charge in [0.05, 0.1) is 5.60 Å². The molecule has 0 radical (unpaired) electrons. The molecule has 0 saturated carbocycles. The lowest BCUT2D eigenvalue weighted by Crippen LogP contribution is -2.43. The number of thiophene rings is 1. The highest BCUT2D eigenvalue weighted by molar-refractivity contribution is 7.10. The van der Waals surface area contributed by atoms with E-state index in [9.17, 15) is 0 Å². The topological polar surface area (TPSA) is 33.7 Å². The Bertz CT molecular complexity index is 937. The Morgan fingerprint density at radius 2 is 1.75 bits per heavy atom. The van der Waals surface area contributed by atoms with Gasteiger partial charge >= 0.3 is 0 Å². The lowest BCUT2D eigenvalue weighted by atomic mass is 9.84. The lowest BCUT2D eigenvalue weighted by molar-refractivity contribution is -0.0638. The molecule has 0 amide bonds. The fourth-order valence-electron chi connectivity index (χ4n) is 4.58. The predicted molar refractivity (Wildman–Crippen MR) is 132 cm³/mol. The number of hydrogen-bond donors (Lipinski definition) is 1. The van der Waals surface area contributed by atoms with Crippen LogP contribution >= 0.6 is 11.3 Å². The second-order valence-electron chi connectivity index (χ2n) is 8.46. The summed E-state index contributed by atoms with van der Waals surface area (Å²) >= 11 is 1.77. The number of piperidine rings is 1. The molecule has 1 aliphatic heterocycles. The molecule has 5 heteroatoms. The van der Waals surface area contributed by atoms with E-state index in [2.05, 4.69) is 82.3 Å². The van der Waals surface area contributed by atoms with Crippen LogP contribution in [0.3, 0.4) is 0 Å². The van der Waals surface area contributed by atoms with Gasteiger partial charge in [-0.05, 0) is 49.5 Å². The number of rotatable bonds is 10. The number of hydrogen-bond acceptors (Lipinski definition) is 5. The molecule has 170 valence electrons. The van der Waals surface area contributed by atoms with E-state index < -0.39 is 0 Å². The summed E-state index contributed by atoms with van der Waals surface area (Å²) < 4.78 is 12.6. The third kappa shape index (κ3) is 5.41. The fraction of sp³-hybridized carbons (Fsp3) is 0.407. The van der Waals surface area contributed by atoms with Crippen molar-refractivity contribution in [2.75, 3.05) is 33.8 Å². The minimum Gasteiger partial charge on any atom is -0.485 e. The van der Waals surface area contributed by atoms with Gasteiger partial charge in [-0.1, -0.05) is 54.6 Å². The van der Waals surface area contributed by atoms with Gasteiger partial charge in [-0.15, -0.1) is 11.3 Å². The molecule has 0 bridgehead atoms. The summed E-state index contributed by atoms with van der Waals surface area (Å²) in [7, 11) is 3.84. The van der Waals surface area contributed by atoms with Crippen molar-refractivity contribution in [3.05, 3.63) is 88.1 Å². The van der Waals surface area contributed by atoms with Crippen LogP contribution in [0.1, 0.15) is 41.4 Å². The van der Waals surface area contributed by atoms with E-state index in [1.54, 1.807) is 11.3 Å². The molecule has 1 unspecified atom stereocenters. The molecule has 1 fully saturated rings. The number of ether oxygens (including phenoxy) is 2. The first-order valence-electron chi connectivity index (χ1n) is 11.5. The van der Waals surface area contributed by atoms with Gasteiger partial charge in [-0.3, -0.25) is 4.90 Å². The first-order chi connectivity index (χ1) is 15.7. The highest BCUT2D eigenvalue weighted by atomic mass is 32.1. The lowest BCUT2D eigenvalue weighted by Gasteiger charge is -2.41. The van der Waals surface area contributed by atoms with E-state index in [4.69, 9.17) is 9.47 Å². The maximum atomic E-state index is 6.58. The molecule has 1 saturated heterocycles. The largest absolute Gasteiger partial charge is 0.485 e. The van der Waals surface area contributed by atoms with Gasteiger partial charge in [0.25, 0.3) is 0 Å². The SMILES string of the molecule is CNCCC(Oc1ccccc1CN1CCC(OC)(c2ccccc2)CC1)c1cccs1. The van der Waals surface area contributed by atoms with Crippen molar-refractivity contribution < 1.29 is 9.47 Å². The average Bonchev–Trinajstić information content (AvgIpc) is 3.39. The highest BCUT2D eigenvalue weighted by Crippen LogP contribution is 2.37. The zero-order valence-corrected chi connectivity index (χ0v) is 19.9. The van der Waals surface area contributed by atoms with E-state index in [-0.39, 0.29) is 11.7 Å². The number of nitrogens with one attached hydrogen (secondary N) is 1. The van der Waals surface area contributed by atoms with Crippen LogP contribution in [0.5, 0.6) is 5.75 Å². The maximum absolute atomic E-state index is 6.58. The number of methoxy groups -OCH3 is 1. The second-order valence-corrected chi connectivity index (χ2v) is 9.44. The smallest absolute Gasteiger partial charge is 0.134 e. The summed E-state index contributed by atoms with van der Waals surface area (Å²) in [5.41, 5.74) is 2.36. The van der Waals surface area contributed by atoms with Crippen molar-refractivity contribution in [3.8, 4) is 5.75 Å². The molecule has 2 heterocycles. The van der Waals surface area contributed by atoms with Crippen LogP contribution in [0.15, 0.2) is 72.1 Å². The Labute approximate surface area is 196 Å². The molecule has 0 spiro atoms. The minimum atomic E-state index is -0.175. The van der Waals surface area contributed by atoms with E-state index in [1.807, 2.05) is 14.2 Å². The predicted octanol–water partition coefficient (Wildman–Crippen LogP) is 5.62. The minimum absolute atomic E-state index is 0.0733. The molecular formula is C27H34N2O2S.